The average molecular weight is 270 g/mol. The lowest BCUT2D eigenvalue weighted by Gasteiger charge is -2.23. The molecule has 0 aromatic heterocycles. The normalized spacial score (nSPS) is 21.5. The molecule has 0 spiro atoms. The van der Waals surface area contributed by atoms with Crippen LogP contribution in [0.1, 0.15) is 18.4 Å². The highest BCUT2D eigenvalue weighted by molar-refractivity contribution is 9.10. The predicted molar refractivity (Wildman–Crippen MR) is 64.8 cm³/mol. The van der Waals surface area contributed by atoms with Crippen LogP contribution in [0.2, 0.25) is 0 Å². The average Bonchev–Trinajstić information content (AvgIpc) is 2.29. The zero-order valence-corrected chi connectivity index (χ0v) is 10.3. The van der Waals surface area contributed by atoms with Crippen molar-refractivity contribution < 1.29 is 4.74 Å². The van der Waals surface area contributed by atoms with E-state index in [0.29, 0.717) is 6.04 Å². The Balaban J connectivity index is 1.84. The van der Waals surface area contributed by atoms with E-state index in [2.05, 4.69) is 39.4 Å². The number of hydrogen-bond donors (Lipinski definition) is 1. The number of halogens is 1. The topological polar surface area (TPSA) is 21.3 Å². The molecule has 15 heavy (non-hydrogen) atoms. The van der Waals surface area contributed by atoms with Crippen molar-refractivity contribution in [3.63, 3.8) is 0 Å². The lowest BCUT2D eigenvalue weighted by Crippen LogP contribution is -2.36. The van der Waals surface area contributed by atoms with Gasteiger partial charge in [0.25, 0.3) is 0 Å². The second kappa shape index (κ2) is 5.64. The number of rotatable bonds is 3. The summed E-state index contributed by atoms with van der Waals surface area (Å²) in [4.78, 5) is 0. The van der Waals surface area contributed by atoms with Crippen molar-refractivity contribution in [3.8, 4) is 0 Å². The molecule has 0 saturated carbocycles. The minimum Gasteiger partial charge on any atom is -0.380 e. The van der Waals surface area contributed by atoms with Crippen LogP contribution in [0.3, 0.4) is 0 Å². The highest BCUT2D eigenvalue weighted by Gasteiger charge is 2.12. The van der Waals surface area contributed by atoms with Gasteiger partial charge < -0.3 is 10.1 Å². The minimum atomic E-state index is 0.519. The molecule has 1 aliphatic heterocycles. The van der Waals surface area contributed by atoms with E-state index < -0.39 is 0 Å². The maximum Gasteiger partial charge on any atom is 0.0619 e. The van der Waals surface area contributed by atoms with Gasteiger partial charge in [0.05, 0.1) is 6.61 Å². The molecule has 2 rings (SSSR count). The van der Waals surface area contributed by atoms with Crippen LogP contribution in [-0.2, 0) is 11.3 Å². The van der Waals surface area contributed by atoms with Gasteiger partial charge in [-0.05, 0) is 24.5 Å². The van der Waals surface area contributed by atoms with Crippen molar-refractivity contribution in [1.82, 2.24) is 5.32 Å². The number of nitrogens with one attached hydrogen (secondary N) is 1. The monoisotopic (exact) mass is 269 g/mol. The summed E-state index contributed by atoms with van der Waals surface area (Å²) in [6.45, 7) is 2.69. The molecule has 0 bridgehead atoms. The summed E-state index contributed by atoms with van der Waals surface area (Å²) in [7, 11) is 0. The van der Waals surface area contributed by atoms with Crippen molar-refractivity contribution in [2.45, 2.75) is 25.4 Å². The lowest BCUT2D eigenvalue weighted by atomic mass is 10.1. The van der Waals surface area contributed by atoms with Crippen LogP contribution in [0.25, 0.3) is 0 Å². The van der Waals surface area contributed by atoms with Crippen LogP contribution in [0, 0.1) is 0 Å². The van der Waals surface area contributed by atoms with E-state index in [-0.39, 0.29) is 0 Å². The van der Waals surface area contributed by atoms with E-state index in [1.165, 1.54) is 22.9 Å². The molecule has 1 N–H and O–H groups in total. The standard InChI is InChI=1S/C12H16BrNO/c13-12-6-2-1-4-10(12)8-14-11-5-3-7-15-9-11/h1-2,4,6,11,14H,3,5,7-9H2. The molecule has 2 nitrogen and oxygen atoms in total. The molecule has 1 fully saturated rings. The van der Waals surface area contributed by atoms with Gasteiger partial charge in [-0.25, -0.2) is 0 Å². The maximum atomic E-state index is 5.43. The van der Waals surface area contributed by atoms with Crippen LogP contribution in [0.4, 0.5) is 0 Å². The summed E-state index contributed by atoms with van der Waals surface area (Å²) >= 11 is 3.55. The molecule has 3 heteroatoms. The first kappa shape index (κ1) is 11.1. The Labute approximate surface area is 99.1 Å². The van der Waals surface area contributed by atoms with E-state index >= 15 is 0 Å². The summed E-state index contributed by atoms with van der Waals surface area (Å²) in [5.41, 5.74) is 1.31. The van der Waals surface area contributed by atoms with Gasteiger partial charge in [0, 0.05) is 23.7 Å². The first-order valence-electron chi connectivity index (χ1n) is 5.41. The molecular formula is C12H16BrNO. The van der Waals surface area contributed by atoms with Crippen LogP contribution in [0.5, 0.6) is 0 Å². The van der Waals surface area contributed by atoms with Gasteiger partial charge in [-0.3, -0.25) is 0 Å². The Kier molecular flexibility index (Phi) is 4.18. The first-order chi connectivity index (χ1) is 7.36. The fraction of sp³-hybridized carbons (Fsp3) is 0.500. The van der Waals surface area contributed by atoms with Gasteiger partial charge in [-0.2, -0.15) is 0 Å². The van der Waals surface area contributed by atoms with Crippen LogP contribution in [-0.4, -0.2) is 19.3 Å². The van der Waals surface area contributed by atoms with Crippen LogP contribution < -0.4 is 5.32 Å². The summed E-state index contributed by atoms with van der Waals surface area (Å²) < 4.78 is 6.60. The van der Waals surface area contributed by atoms with E-state index in [9.17, 15) is 0 Å². The number of ether oxygens (including phenoxy) is 1. The van der Waals surface area contributed by atoms with Gasteiger partial charge in [0.1, 0.15) is 0 Å². The van der Waals surface area contributed by atoms with Crippen LogP contribution >= 0.6 is 15.9 Å². The van der Waals surface area contributed by atoms with Crippen molar-refractivity contribution in [2.75, 3.05) is 13.2 Å². The molecule has 1 saturated heterocycles. The van der Waals surface area contributed by atoms with Gasteiger partial charge >= 0.3 is 0 Å². The zero-order valence-electron chi connectivity index (χ0n) is 8.71. The van der Waals surface area contributed by atoms with Gasteiger partial charge in [0.15, 0.2) is 0 Å². The largest absolute Gasteiger partial charge is 0.380 e. The Morgan fingerprint density at radius 3 is 3.00 bits per heavy atom. The third-order valence-electron chi connectivity index (χ3n) is 2.70. The molecule has 1 unspecified atom stereocenters. The van der Waals surface area contributed by atoms with Crippen molar-refractivity contribution in [3.05, 3.63) is 34.3 Å². The van der Waals surface area contributed by atoms with Crippen molar-refractivity contribution >= 4 is 15.9 Å². The molecule has 82 valence electrons. The van der Waals surface area contributed by atoms with Crippen LogP contribution in [0.15, 0.2) is 28.7 Å². The second-order valence-electron chi connectivity index (χ2n) is 3.89. The van der Waals surface area contributed by atoms with Gasteiger partial charge in [-0.1, -0.05) is 34.1 Å². The summed E-state index contributed by atoms with van der Waals surface area (Å²) in [6.07, 6.45) is 2.40. The predicted octanol–water partition coefficient (Wildman–Crippen LogP) is 2.72. The Morgan fingerprint density at radius 1 is 1.40 bits per heavy atom. The number of hydrogen-bond acceptors (Lipinski definition) is 2. The molecule has 0 radical (unpaired) electrons. The molecule has 0 amide bonds. The summed E-state index contributed by atoms with van der Waals surface area (Å²) in [5.74, 6) is 0. The second-order valence-corrected chi connectivity index (χ2v) is 4.74. The Hall–Kier alpha value is -0.380. The van der Waals surface area contributed by atoms with Crippen molar-refractivity contribution in [1.29, 1.82) is 0 Å². The maximum absolute atomic E-state index is 5.43. The molecular weight excluding hydrogens is 254 g/mol. The van der Waals surface area contributed by atoms with E-state index in [0.717, 1.165) is 19.8 Å². The smallest absolute Gasteiger partial charge is 0.0619 e. The van der Waals surface area contributed by atoms with Gasteiger partial charge in [0.2, 0.25) is 0 Å². The Bertz CT molecular complexity index is 310. The quantitative estimate of drug-likeness (QED) is 0.911. The molecule has 0 aliphatic carbocycles. The third-order valence-corrected chi connectivity index (χ3v) is 3.47. The fourth-order valence-electron chi connectivity index (χ4n) is 1.80. The summed E-state index contributed by atoms with van der Waals surface area (Å²) in [6, 6.07) is 8.84. The van der Waals surface area contributed by atoms with Gasteiger partial charge in [-0.15, -0.1) is 0 Å². The first-order valence-corrected chi connectivity index (χ1v) is 6.20. The summed E-state index contributed by atoms with van der Waals surface area (Å²) in [5, 5.41) is 3.52. The molecule has 1 heterocycles. The highest BCUT2D eigenvalue weighted by atomic mass is 79.9. The zero-order chi connectivity index (χ0) is 10.5. The third kappa shape index (κ3) is 3.30. The van der Waals surface area contributed by atoms with E-state index in [1.54, 1.807) is 0 Å². The molecule has 1 aliphatic rings. The lowest BCUT2D eigenvalue weighted by molar-refractivity contribution is 0.0699. The minimum absolute atomic E-state index is 0.519. The van der Waals surface area contributed by atoms with E-state index in [4.69, 9.17) is 4.74 Å². The van der Waals surface area contributed by atoms with E-state index in [1.807, 2.05) is 6.07 Å². The van der Waals surface area contributed by atoms with Crippen molar-refractivity contribution in [2.24, 2.45) is 0 Å². The Morgan fingerprint density at radius 2 is 2.27 bits per heavy atom. The highest BCUT2D eigenvalue weighted by Crippen LogP contribution is 2.16. The number of benzene rings is 1. The molecule has 1 atom stereocenters. The molecule has 1 aromatic carbocycles. The SMILES string of the molecule is Brc1ccccc1CNC1CCCOC1. The molecule has 1 aromatic rings. The fourth-order valence-corrected chi connectivity index (χ4v) is 2.22.